The van der Waals surface area contributed by atoms with E-state index >= 15 is 0 Å². The first-order valence-corrected chi connectivity index (χ1v) is 6.44. The normalized spacial score (nSPS) is 18.1. The van der Waals surface area contributed by atoms with Crippen LogP contribution in [0.1, 0.15) is 25.3 Å². The number of halogens is 2. The SMILES string of the molecule is CC1(C(=O)NCc2ccc(F)cc2F)CCNCC1. The summed E-state index contributed by atoms with van der Waals surface area (Å²) in [4.78, 5) is 12.1. The van der Waals surface area contributed by atoms with Crippen LogP contribution in [0.2, 0.25) is 0 Å². The van der Waals surface area contributed by atoms with Crippen LogP contribution in [0, 0.1) is 17.0 Å². The van der Waals surface area contributed by atoms with Gasteiger partial charge in [0.25, 0.3) is 0 Å². The first-order valence-electron chi connectivity index (χ1n) is 6.44. The Bertz CT molecular complexity index is 471. The maximum Gasteiger partial charge on any atom is 0.226 e. The van der Waals surface area contributed by atoms with E-state index in [1.54, 1.807) is 0 Å². The van der Waals surface area contributed by atoms with Crippen molar-refractivity contribution < 1.29 is 13.6 Å². The molecule has 1 aliphatic rings. The lowest BCUT2D eigenvalue weighted by molar-refractivity contribution is -0.131. The summed E-state index contributed by atoms with van der Waals surface area (Å²) in [5.41, 5.74) is -0.103. The molecule has 2 rings (SSSR count). The summed E-state index contributed by atoms with van der Waals surface area (Å²) < 4.78 is 26.2. The predicted molar refractivity (Wildman–Crippen MR) is 68.4 cm³/mol. The van der Waals surface area contributed by atoms with Gasteiger partial charge in [0.15, 0.2) is 0 Å². The van der Waals surface area contributed by atoms with Gasteiger partial charge in [-0.25, -0.2) is 8.78 Å². The Labute approximate surface area is 111 Å². The summed E-state index contributed by atoms with van der Waals surface area (Å²) in [6.07, 6.45) is 1.54. The molecule has 1 amide bonds. The van der Waals surface area contributed by atoms with Crippen LogP contribution in [0.15, 0.2) is 18.2 Å². The largest absolute Gasteiger partial charge is 0.351 e. The summed E-state index contributed by atoms with van der Waals surface area (Å²) in [5, 5.41) is 5.94. The zero-order valence-corrected chi connectivity index (χ0v) is 10.9. The van der Waals surface area contributed by atoms with E-state index < -0.39 is 17.0 Å². The van der Waals surface area contributed by atoms with Gasteiger partial charge in [0.1, 0.15) is 11.6 Å². The number of carbonyl (C=O) groups excluding carboxylic acids is 1. The Balaban J connectivity index is 1.96. The second kappa shape index (κ2) is 5.65. The van der Waals surface area contributed by atoms with Crippen molar-refractivity contribution in [3.8, 4) is 0 Å². The molecule has 0 unspecified atom stereocenters. The molecule has 0 radical (unpaired) electrons. The number of rotatable bonds is 3. The van der Waals surface area contributed by atoms with Gasteiger partial charge in [-0.1, -0.05) is 13.0 Å². The average molecular weight is 268 g/mol. The number of piperidine rings is 1. The van der Waals surface area contributed by atoms with Crippen LogP contribution in [0.25, 0.3) is 0 Å². The van der Waals surface area contributed by atoms with Gasteiger partial charge >= 0.3 is 0 Å². The van der Waals surface area contributed by atoms with Gasteiger partial charge in [-0.15, -0.1) is 0 Å². The minimum absolute atomic E-state index is 0.0716. The van der Waals surface area contributed by atoms with E-state index in [1.165, 1.54) is 12.1 Å². The molecule has 3 nitrogen and oxygen atoms in total. The molecule has 19 heavy (non-hydrogen) atoms. The Morgan fingerprint density at radius 3 is 2.68 bits per heavy atom. The van der Waals surface area contributed by atoms with E-state index in [9.17, 15) is 13.6 Å². The fourth-order valence-electron chi connectivity index (χ4n) is 2.26. The minimum Gasteiger partial charge on any atom is -0.351 e. The van der Waals surface area contributed by atoms with Gasteiger partial charge in [0.2, 0.25) is 5.91 Å². The fourth-order valence-corrected chi connectivity index (χ4v) is 2.26. The summed E-state index contributed by atoms with van der Waals surface area (Å²) in [5.74, 6) is -1.31. The lowest BCUT2D eigenvalue weighted by Crippen LogP contribution is -2.45. The van der Waals surface area contributed by atoms with Crippen LogP contribution in [0.5, 0.6) is 0 Å². The zero-order chi connectivity index (χ0) is 13.9. The van der Waals surface area contributed by atoms with Crippen molar-refractivity contribution in [3.63, 3.8) is 0 Å². The minimum atomic E-state index is -0.629. The molecule has 5 heteroatoms. The first-order chi connectivity index (χ1) is 9.01. The van der Waals surface area contributed by atoms with E-state index in [4.69, 9.17) is 0 Å². The van der Waals surface area contributed by atoms with Crippen LogP contribution < -0.4 is 10.6 Å². The first kappa shape index (κ1) is 13.9. The highest BCUT2D eigenvalue weighted by molar-refractivity contribution is 5.82. The molecule has 1 fully saturated rings. The molecule has 0 aromatic heterocycles. The molecule has 104 valence electrons. The van der Waals surface area contributed by atoms with E-state index in [2.05, 4.69) is 10.6 Å². The number of amides is 1. The molecule has 0 saturated carbocycles. The predicted octanol–water partition coefficient (Wildman–Crippen LogP) is 1.97. The summed E-state index contributed by atoms with van der Waals surface area (Å²) in [7, 11) is 0. The molecule has 0 aliphatic carbocycles. The Morgan fingerprint density at radius 2 is 2.05 bits per heavy atom. The van der Waals surface area contributed by atoms with Crippen LogP contribution >= 0.6 is 0 Å². The maximum absolute atomic E-state index is 13.4. The molecule has 0 spiro atoms. The zero-order valence-electron chi connectivity index (χ0n) is 10.9. The molecule has 1 aromatic carbocycles. The highest BCUT2D eigenvalue weighted by Crippen LogP contribution is 2.28. The quantitative estimate of drug-likeness (QED) is 0.880. The average Bonchev–Trinajstić information content (AvgIpc) is 2.38. The fraction of sp³-hybridized carbons (Fsp3) is 0.500. The van der Waals surface area contributed by atoms with Crippen molar-refractivity contribution in [3.05, 3.63) is 35.4 Å². The topological polar surface area (TPSA) is 41.1 Å². The summed E-state index contributed by atoms with van der Waals surface area (Å²) >= 11 is 0. The highest BCUT2D eigenvalue weighted by Gasteiger charge is 2.34. The van der Waals surface area contributed by atoms with Gasteiger partial charge in [0.05, 0.1) is 0 Å². The lowest BCUT2D eigenvalue weighted by Gasteiger charge is -2.32. The molecule has 0 atom stereocenters. The third-order valence-corrected chi connectivity index (χ3v) is 3.71. The van der Waals surface area contributed by atoms with Gasteiger partial charge in [0, 0.05) is 23.6 Å². The summed E-state index contributed by atoms with van der Waals surface area (Å²) in [6.45, 7) is 3.64. The number of nitrogens with one attached hydrogen (secondary N) is 2. The van der Waals surface area contributed by atoms with Crippen LogP contribution in [-0.2, 0) is 11.3 Å². The van der Waals surface area contributed by atoms with Crippen molar-refractivity contribution >= 4 is 5.91 Å². The second-order valence-corrected chi connectivity index (χ2v) is 5.23. The highest BCUT2D eigenvalue weighted by atomic mass is 19.1. The molecule has 2 N–H and O–H groups in total. The van der Waals surface area contributed by atoms with Crippen LogP contribution in [0.4, 0.5) is 8.78 Å². The standard InChI is InChI=1S/C14H18F2N2O/c1-14(4-6-17-7-5-14)13(19)18-9-10-2-3-11(15)8-12(10)16/h2-3,8,17H,4-7,9H2,1H3,(H,18,19). The summed E-state index contributed by atoms with van der Waals surface area (Å²) in [6, 6.07) is 3.38. The van der Waals surface area contributed by atoms with Crippen LogP contribution in [0.3, 0.4) is 0 Å². The van der Waals surface area contributed by atoms with Crippen molar-refractivity contribution in [2.75, 3.05) is 13.1 Å². The Kier molecular flexibility index (Phi) is 4.14. The van der Waals surface area contributed by atoms with Crippen LogP contribution in [-0.4, -0.2) is 19.0 Å². The second-order valence-electron chi connectivity index (χ2n) is 5.23. The van der Waals surface area contributed by atoms with Crippen molar-refractivity contribution in [1.29, 1.82) is 0 Å². The Hall–Kier alpha value is -1.49. The lowest BCUT2D eigenvalue weighted by atomic mass is 9.80. The molecular formula is C14H18F2N2O. The van der Waals surface area contributed by atoms with E-state index in [1.807, 2.05) is 6.92 Å². The monoisotopic (exact) mass is 268 g/mol. The van der Waals surface area contributed by atoms with Crippen molar-refractivity contribution in [1.82, 2.24) is 10.6 Å². The molecule has 1 saturated heterocycles. The number of benzene rings is 1. The van der Waals surface area contributed by atoms with Gasteiger partial charge in [-0.3, -0.25) is 4.79 Å². The number of hydrogen-bond acceptors (Lipinski definition) is 2. The molecule has 1 heterocycles. The van der Waals surface area contributed by atoms with E-state index in [0.29, 0.717) is 5.56 Å². The molecule has 0 bridgehead atoms. The van der Waals surface area contributed by atoms with Gasteiger partial charge in [-0.05, 0) is 32.0 Å². The smallest absolute Gasteiger partial charge is 0.226 e. The van der Waals surface area contributed by atoms with E-state index in [-0.39, 0.29) is 12.5 Å². The third kappa shape index (κ3) is 3.29. The molecular weight excluding hydrogens is 250 g/mol. The Morgan fingerprint density at radius 1 is 1.37 bits per heavy atom. The number of hydrogen-bond donors (Lipinski definition) is 2. The van der Waals surface area contributed by atoms with Gasteiger partial charge in [-0.2, -0.15) is 0 Å². The van der Waals surface area contributed by atoms with Crippen molar-refractivity contribution in [2.45, 2.75) is 26.3 Å². The van der Waals surface area contributed by atoms with Gasteiger partial charge < -0.3 is 10.6 Å². The molecule has 1 aromatic rings. The maximum atomic E-state index is 13.4. The van der Waals surface area contributed by atoms with Crippen molar-refractivity contribution in [2.24, 2.45) is 5.41 Å². The molecule has 1 aliphatic heterocycles. The van der Waals surface area contributed by atoms with E-state index in [0.717, 1.165) is 32.0 Å². The number of carbonyl (C=O) groups is 1. The third-order valence-electron chi connectivity index (χ3n) is 3.71.